The van der Waals surface area contributed by atoms with Crippen molar-refractivity contribution >= 4 is 33.4 Å². The number of hydrogen-bond donors (Lipinski definition) is 0. The third kappa shape index (κ3) is 4.67. The molecule has 2 fully saturated rings. The van der Waals surface area contributed by atoms with Crippen LogP contribution in [0.3, 0.4) is 0 Å². The number of rotatable bonds is 4. The first-order valence-corrected chi connectivity index (χ1v) is 13.0. The van der Waals surface area contributed by atoms with E-state index in [1.807, 2.05) is 18.2 Å². The molecule has 0 aliphatic carbocycles. The summed E-state index contributed by atoms with van der Waals surface area (Å²) in [5, 5.41) is 9.57. The van der Waals surface area contributed by atoms with Gasteiger partial charge in [-0.15, -0.1) is 11.3 Å². The lowest BCUT2D eigenvalue weighted by Gasteiger charge is -2.33. The molecule has 1 aromatic carbocycles. The maximum atomic E-state index is 13.8. The zero-order valence-corrected chi connectivity index (χ0v) is 20.6. The van der Waals surface area contributed by atoms with Crippen molar-refractivity contribution in [3.05, 3.63) is 56.7 Å². The van der Waals surface area contributed by atoms with Gasteiger partial charge in [-0.3, -0.25) is 14.2 Å². The summed E-state index contributed by atoms with van der Waals surface area (Å²) >= 11 is 1.15. The van der Waals surface area contributed by atoms with E-state index in [1.54, 1.807) is 21.6 Å². The van der Waals surface area contributed by atoms with Gasteiger partial charge < -0.3 is 9.80 Å². The minimum Gasteiger partial charge on any atom is -0.342 e. The summed E-state index contributed by atoms with van der Waals surface area (Å²) in [6.07, 6.45) is 1.98. The van der Waals surface area contributed by atoms with Crippen molar-refractivity contribution in [1.82, 2.24) is 14.5 Å². The molecule has 5 rings (SSSR count). The highest BCUT2D eigenvalue weighted by molar-refractivity contribution is 7.20. The predicted octanol–water partition coefficient (Wildman–Crippen LogP) is 4.19. The van der Waals surface area contributed by atoms with Crippen molar-refractivity contribution in [3.63, 3.8) is 0 Å². The number of benzene rings is 1. The van der Waals surface area contributed by atoms with Crippen LogP contribution in [0, 0.1) is 17.2 Å². The normalized spacial score (nSPS) is 19.2. The van der Waals surface area contributed by atoms with Gasteiger partial charge in [-0.05, 0) is 49.3 Å². The predicted molar refractivity (Wildman–Crippen MR) is 135 cm³/mol. The van der Waals surface area contributed by atoms with Crippen molar-refractivity contribution in [1.29, 1.82) is 5.26 Å². The number of anilines is 1. The van der Waals surface area contributed by atoms with Crippen molar-refractivity contribution < 1.29 is 9.18 Å². The topological polar surface area (TPSA) is 82.2 Å². The Labute approximate surface area is 207 Å². The van der Waals surface area contributed by atoms with E-state index >= 15 is 0 Å². The molecule has 1 atom stereocenters. The Morgan fingerprint density at radius 2 is 2.00 bits per heavy atom. The van der Waals surface area contributed by atoms with Crippen LogP contribution in [0.15, 0.2) is 35.1 Å². The van der Waals surface area contributed by atoms with Crippen LogP contribution in [0.1, 0.15) is 53.4 Å². The third-order valence-electron chi connectivity index (χ3n) is 6.94. The number of carbonyl (C=O) groups is 1. The molecule has 0 bridgehead atoms. The number of thiophene rings is 1. The number of fused-ring (bicyclic) bond motifs is 1. The number of carbonyl (C=O) groups excluding carboxylic acids is 1. The molecule has 3 aromatic rings. The van der Waals surface area contributed by atoms with E-state index in [4.69, 9.17) is 4.98 Å². The van der Waals surface area contributed by atoms with Crippen LogP contribution >= 0.6 is 11.3 Å². The number of alkyl halides is 1. The number of nitrogens with zero attached hydrogens (tertiary/aromatic N) is 5. The number of halogens is 1. The van der Waals surface area contributed by atoms with Crippen molar-refractivity contribution in [2.24, 2.45) is 5.92 Å². The molecule has 1 amide bonds. The molecule has 2 aromatic heterocycles. The molecule has 0 spiro atoms. The molecule has 2 aliphatic rings. The molecule has 9 heteroatoms. The van der Waals surface area contributed by atoms with E-state index in [1.165, 1.54) is 0 Å². The number of aromatic nitrogens is 2. The molecule has 182 valence electrons. The first kappa shape index (κ1) is 23.5. The van der Waals surface area contributed by atoms with Crippen LogP contribution in [0.2, 0.25) is 0 Å². The molecule has 0 N–H and O–H groups in total. The number of nitriles is 1. The van der Waals surface area contributed by atoms with Crippen LogP contribution in [0.25, 0.3) is 10.2 Å². The second-order valence-corrected chi connectivity index (χ2v) is 10.6. The maximum Gasteiger partial charge on any atom is 0.273 e. The van der Waals surface area contributed by atoms with Crippen LogP contribution in [-0.2, 0) is 6.54 Å². The molecular formula is C26H28FN5O2S. The summed E-state index contributed by atoms with van der Waals surface area (Å²) in [5.41, 5.74) is 1.59. The average molecular weight is 494 g/mol. The van der Waals surface area contributed by atoms with Crippen LogP contribution in [-0.4, -0.2) is 52.7 Å². The van der Waals surface area contributed by atoms with E-state index in [-0.39, 0.29) is 18.0 Å². The van der Waals surface area contributed by atoms with E-state index in [0.717, 1.165) is 42.8 Å². The number of likely N-dealkylation sites (tertiary alicyclic amines) is 1. The SMILES string of the molecule is CC1CCCN(c2nc3cc(C(=O)N4CCC(F)CC4)sc3c(=O)n2Cc2ccccc2C#N)C1. The Hall–Kier alpha value is -3.25. The highest BCUT2D eigenvalue weighted by Crippen LogP contribution is 2.28. The highest BCUT2D eigenvalue weighted by Gasteiger charge is 2.27. The lowest BCUT2D eigenvalue weighted by molar-refractivity contribution is 0.0672. The van der Waals surface area contributed by atoms with E-state index < -0.39 is 6.17 Å². The molecule has 1 unspecified atom stereocenters. The van der Waals surface area contributed by atoms with Crippen molar-refractivity contribution in [3.8, 4) is 6.07 Å². The van der Waals surface area contributed by atoms with E-state index in [9.17, 15) is 19.2 Å². The van der Waals surface area contributed by atoms with Gasteiger partial charge in [0.2, 0.25) is 5.95 Å². The summed E-state index contributed by atoms with van der Waals surface area (Å²) in [6, 6.07) is 11.2. The monoisotopic (exact) mass is 493 g/mol. The Morgan fingerprint density at radius 3 is 2.74 bits per heavy atom. The summed E-state index contributed by atoms with van der Waals surface area (Å²) in [7, 11) is 0. The largest absolute Gasteiger partial charge is 0.342 e. The number of amides is 1. The lowest BCUT2D eigenvalue weighted by atomic mass is 10.0. The number of hydrogen-bond acceptors (Lipinski definition) is 6. The Kier molecular flexibility index (Phi) is 6.56. The van der Waals surface area contributed by atoms with Crippen molar-refractivity contribution in [2.45, 2.75) is 45.3 Å². The van der Waals surface area contributed by atoms with Crippen LogP contribution in [0.4, 0.5) is 10.3 Å². The molecule has 0 radical (unpaired) electrons. The first-order valence-electron chi connectivity index (χ1n) is 12.1. The summed E-state index contributed by atoms with van der Waals surface area (Å²) in [4.78, 5) is 36.0. The Bertz CT molecular complexity index is 1350. The fourth-order valence-corrected chi connectivity index (χ4v) is 6.02. The second kappa shape index (κ2) is 9.78. The molecule has 4 heterocycles. The van der Waals surface area contributed by atoms with Crippen LogP contribution in [0.5, 0.6) is 0 Å². The molecule has 2 aliphatic heterocycles. The summed E-state index contributed by atoms with van der Waals surface area (Å²) in [5.74, 6) is 0.889. The van der Waals surface area contributed by atoms with Gasteiger partial charge in [-0.1, -0.05) is 25.1 Å². The quantitative estimate of drug-likeness (QED) is 0.544. The minimum atomic E-state index is -0.860. The average Bonchev–Trinajstić information content (AvgIpc) is 3.30. The molecule has 0 saturated carbocycles. The summed E-state index contributed by atoms with van der Waals surface area (Å²) in [6.45, 7) is 4.79. The highest BCUT2D eigenvalue weighted by atomic mass is 32.1. The fraction of sp³-hybridized carbons (Fsp3) is 0.462. The third-order valence-corrected chi connectivity index (χ3v) is 8.04. The molecule has 2 saturated heterocycles. The Morgan fingerprint density at radius 1 is 1.23 bits per heavy atom. The molecule has 35 heavy (non-hydrogen) atoms. The van der Waals surface area contributed by atoms with Crippen LogP contribution < -0.4 is 10.5 Å². The minimum absolute atomic E-state index is 0.172. The molecule has 7 nitrogen and oxygen atoms in total. The van der Waals surface area contributed by atoms with Gasteiger partial charge >= 0.3 is 0 Å². The maximum absolute atomic E-state index is 13.8. The first-order chi connectivity index (χ1) is 16.9. The zero-order valence-electron chi connectivity index (χ0n) is 19.7. The number of piperidine rings is 2. The fourth-order valence-electron chi connectivity index (χ4n) is 5.00. The lowest BCUT2D eigenvalue weighted by Crippen LogP contribution is -2.39. The van der Waals surface area contributed by atoms with Gasteiger partial charge in [0.1, 0.15) is 10.9 Å². The standard InChI is InChI=1S/C26H28FN5O2S/c1-17-5-4-10-31(15-17)26-29-21-13-22(24(33)30-11-8-20(27)9-12-30)35-23(21)25(34)32(26)16-19-7-3-2-6-18(19)14-28/h2-3,6-7,13,17,20H,4-5,8-12,15-16H2,1H3. The van der Waals surface area contributed by atoms with E-state index in [0.29, 0.717) is 58.5 Å². The van der Waals surface area contributed by atoms with Gasteiger partial charge in [-0.25, -0.2) is 9.37 Å². The second-order valence-electron chi connectivity index (χ2n) is 9.56. The van der Waals surface area contributed by atoms with Gasteiger partial charge in [0.25, 0.3) is 11.5 Å². The zero-order chi connectivity index (χ0) is 24.5. The molecular weight excluding hydrogens is 465 g/mol. The van der Waals surface area contributed by atoms with Gasteiger partial charge in [-0.2, -0.15) is 5.26 Å². The van der Waals surface area contributed by atoms with Gasteiger partial charge in [0, 0.05) is 26.2 Å². The summed E-state index contributed by atoms with van der Waals surface area (Å²) < 4.78 is 15.6. The van der Waals surface area contributed by atoms with E-state index in [2.05, 4.69) is 17.9 Å². The van der Waals surface area contributed by atoms with Crippen molar-refractivity contribution in [2.75, 3.05) is 31.1 Å². The van der Waals surface area contributed by atoms with Gasteiger partial charge in [0.05, 0.1) is 28.6 Å². The smallest absolute Gasteiger partial charge is 0.273 e. The van der Waals surface area contributed by atoms with Gasteiger partial charge in [0.15, 0.2) is 0 Å². The Balaban J connectivity index is 1.58.